The molecule has 0 fully saturated rings. The number of thiophene rings is 1. The first-order valence-corrected chi connectivity index (χ1v) is 7.11. The standard InChI is InChI=1S/C13H8BrN3OS/c14-11-5-4-10(19-11)13(18)17-9-3-1-2-8-12(9)16-7-6-15-8/h1-7H,(H,17,18). The largest absolute Gasteiger partial charge is 0.319 e. The highest BCUT2D eigenvalue weighted by molar-refractivity contribution is 9.11. The van der Waals surface area contributed by atoms with Crippen molar-refractivity contribution in [3.63, 3.8) is 0 Å². The fraction of sp³-hybridized carbons (Fsp3) is 0. The van der Waals surface area contributed by atoms with Crippen molar-refractivity contribution in [1.29, 1.82) is 0 Å². The van der Waals surface area contributed by atoms with Gasteiger partial charge in [0.1, 0.15) is 5.52 Å². The van der Waals surface area contributed by atoms with Gasteiger partial charge in [-0.25, -0.2) is 0 Å². The van der Waals surface area contributed by atoms with Crippen molar-refractivity contribution in [3.8, 4) is 0 Å². The molecular formula is C13H8BrN3OS. The monoisotopic (exact) mass is 333 g/mol. The highest BCUT2D eigenvalue weighted by atomic mass is 79.9. The second-order valence-corrected chi connectivity index (χ2v) is 6.25. The van der Waals surface area contributed by atoms with E-state index in [2.05, 4.69) is 31.2 Å². The van der Waals surface area contributed by atoms with Crippen LogP contribution < -0.4 is 5.32 Å². The van der Waals surface area contributed by atoms with Crippen LogP contribution in [-0.2, 0) is 0 Å². The Labute approximate surface area is 121 Å². The Bertz CT molecular complexity index is 751. The van der Waals surface area contributed by atoms with Gasteiger partial charge in [-0.1, -0.05) is 6.07 Å². The molecule has 0 saturated heterocycles. The molecule has 0 radical (unpaired) electrons. The fourth-order valence-corrected chi connectivity index (χ4v) is 3.00. The van der Waals surface area contributed by atoms with Crippen LogP contribution in [0.4, 0.5) is 5.69 Å². The van der Waals surface area contributed by atoms with Gasteiger partial charge < -0.3 is 5.32 Å². The summed E-state index contributed by atoms with van der Waals surface area (Å²) in [6, 6.07) is 9.15. The molecule has 0 aliphatic carbocycles. The highest BCUT2D eigenvalue weighted by Gasteiger charge is 2.11. The molecule has 1 N–H and O–H groups in total. The van der Waals surface area contributed by atoms with Crippen molar-refractivity contribution >= 4 is 49.9 Å². The molecule has 6 heteroatoms. The number of carbonyl (C=O) groups is 1. The maximum Gasteiger partial charge on any atom is 0.265 e. The van der Waals surface area contributed by atoms with Gasteiger partial charge in [-0.3, -0.25) is 14.8 Å². The van der Waals surface area contributed by atoms with Crippen molar-refractivity contribution in [3.05, 3.63) is 51.4 Å². The molecule has 2 aromatic heterocycles. The van der Waals surface area contributed by atoms with E-state index in [9.17, 15) is 4.79 Å². The first kappa shape index (κ1) is 12.3. The summed E-state index contributed by atoms with van der Waals surface area (Å²) < 4.78 is 0.926. The number of rotatable bonds is 2. The third-order valence-electron chi connectivity index (χ3n) is 2.54. The molecule has 0 aliphatic rings. The van der Waals surface area contributed by atoms with Gasteiger partial charge in [-0.15, -0.1) is 11.3 Å². The number of benzene rings is 1. The predicted octanol–water partition coefficient (Wildman–Crippen LogP) is 3.71. The van der Waals surface area contributed by atoms with E-state index in [1.807, 2.05) is 24.3 Å². The van der Waals surface area contributed by atoms with Gasteiger partial charge in [0.15, 0.2) is 0 Å². The molecule has 0 spiro atoms. The Morgan fingerprint density at radius 3 is 2.79 bits per heavy atom. The van der Waals surface area contributed by atoms with Crippen LogP contribution in [0.1, 0.15) is 9.67 Å². The summed E-state index contributed by atoms with van der Waals surface area (Å²) in [5, 5.41) is 2.86. The normalized spacial score (nSPS) is 10.6. The number of para-hydroxylation sites is 1. The average molecular weight is 334 g/mol. The molecule has 0 saturated carbocycles. The van der Waals surface area contributed by atoms with E-state index in [0.29, 0.717) is 16.1 Å². The van der Waals surface area contributed by atoms with Crippen molar-refractivity contribution in [1.82, 2.24) is 9.97 Å². The Morgan fingerprint density at radius 1 is 1.16 bits per heavy atom. The van der Waals surface area contributed by atoms with Crippen LogP contribution in [0, 0.1) is 0 Å². The second-order valence-electron chi connectivity index (χ2n) is 3.79. The first-order chi connectivity index (χ1) is 9.24. The number of halogens is 1. The minimum atomic E-state index is -0.145. The SMILES string of the molecule is O=C(Nc1cccc2nccnc12)c1ccc(Br)s1. The molecule has 1 amide bonds. The summed E-state index contributed by atoms with van der Waals surface area (Å²) in [7, 11) is 0. The number of aromatic nitrogens is 2. The van der Waals surface area contributed by atoms with Gasteiger partial charge in [0.2, 0.25) is 0 Å². The van der Waals surface area contributed by atoms with Crippen molar-refractivity contribution in [2.75, 3.05) is 5.32 Å². The molecular weight excluding hydrogens is 326 g/mol. The molecule has 2 heterocycles. The molecule has 94 valence electrons. The molecule has 0 bridgehead atoms. The molecule has 4 nitrogen and oxygen atoms in total. The zero-order valence-electron chi connectivity index (χ0n) is 9.63. The quantitative estimate of drug-likeness (QED) is 0.777. The van der Waals surface area contributed by atoms with E-state index in [0.717, 1.165) is 9.30 Å². The van der Waals surface area contributed by atoms with Crippen molar-refractivity contribution in [2.24, 2.45) is 0 Å². The topological polar surface area (TPSA) is 54.9 Å². The Hall–Kier alpha value is -1.79. The van der Waals surface area contributed by atoms with Crippen LogP contribution in [0.5, 0.6) is 0 Å². The third-order valence-corrected chi connectivity index (χ3v) is 4.17. The summed E-state index contributed by atoms with van der Waals surface area (Å²) in [6.45, 7) is 0. The fourth-order valence-electron chi connectivity index (χ4n) is 1.71. The van der Waals surface area contributed by atoms with E-state index in [1.54, 1.807) is 18.5 Å². The van der Waals surface area contributed by atoms with Crippen LogP contribution >= 0.6 is 27.3 Å². The summed E-state index contributed by atoms with van der Waals surface area (Å²) in [5.74, 6) is -0.145. The van der Waals surface area contributed by atoms with E-state index in [-0.39, 0.29) is 5.91 Å². The highest BCUT2D eigenvalue weighted by Crippen LogP contribution is 2.24. The molecule has 0 atom stereocenters. The molecule has 3 aromatic rings. The lowest BCUT2D eigenvalue weighted by atomic mass is 10.2. The lowest BCUT2D eigenvalue weighted by molar-refractivity contribution is 0.103. The van der Waals surface area contributed by atoms with Crippen LogP contribution in [0.2, 0.25) is 0 Å². The van der Waals surface area contributed by atoms with E-state index in [4.69, 9.17) is 0 Å². The van der Waals surface area contributed by atoms with Crippen LogP contribution in [0.3, 0.4) is 0 Å². The third kappa shape index (κ3) is 2.50. The van der Waals surface area contributed by atoms with Crippen LogP contribution in [0.15, 0.2) is 46.5 Å². The molecule has 1 aromatic carbocycles. The summed E-state index contributed by atoms with van der Waals surface area (Å²) in [6.07, 6.45) is 3.24. The van der Waals surface area contributed by atoms with Crippen LogP contribution in [-0.4, -0.2) is 15.9 Å². The zero-order chi connectivity index (χ0) is 13.2. The summed E-state index contributed by atoms with van der Waals surface area (Å²) in [5.41, 5.74) is 2.11. The van der Waals surface area contributed by atoms with E-state index >= 15 is 0 Å². The average Bonchev–Trinajstić information content (AvgIpc) is 2.86. The van der Waals surface area contributed by atoms with E-state index in [1.165, 1.54) is 11.3 Å². The number of nitrogens with one attached hydrogen (secondary N) is 1. The maximum atomic E-state index is 12.1. The predicted molar refractivity (Wildman–Crippen MR) is 79.5 cm³/mol. The number of carbonyl (C=O) groups excluding carboxylic acids is 1. The minimum Gasteiger partial charge on any atom is -0.319 e. The molecule has 3 rings (SSSR count). The van der Waals surface area contributed by atoms with Gasteiger partial charge >= 0.3 is 0 Å². The Kier molecular flexibility index (Phi) is 3.27. The van der Waals surface area contributed by atoms with Gasteiger partial charge in [-0.05, 0) is 40.2 Å². The molecule has 0 unspecified atom stereocenters. The Balaban J connectivity index is 1.95. The first-order valence-electron chi connectivity index (χ1n) is 5.50. The number of anilines is 1. The summed E-state index contributed by atoms with van der Waals surface area (Å²) in [4.78, 5) is 21.2. The molecule has 19 heavy (non-hydrogen) atoms. The number of hydrogen-bond donors (Lipinski definition) is 1. The smallest absolute Gasteiger partial charge is 0.265 e. The lowest BCUT2D eigenvalue weighted by Gasteiger charge is -2.06. The van der Waals surface area contributed by atoms with Crippen molar-refractivity contribution in [2.45, 2.75) is 0 Å². The van der Waals surface area contributed by atoms with Crippen LogP contribution in [0.25, 0.3) is 11.0 Å². The number of hydrogen-bond acceptors (Lipinski definition) is 4. The number of fused-ring (bicyclic) bond motifs is 1. The maximum absolute atomic E-state index is 12.1. The van der Waals surface area contributed by atoms with Gasteiger partial charge in [-0.2, -0.15) is 0 Å². The Morgan fingerprint density at radius 2 is 2.00 bits per heavy atom. The second kappa shape index (κ2) is 5.07. The lowest BCUT2D eigenvalue weighted by Crippen LogP contribution is -2.10. The van der Waals surface area contributed by atoms with Gasteiger partial charge in [0, 0.05) is 12.4 Å². The summed E-state index contributed by atoms with van der Waals surface area (Å²) >= 11 is 4.73. The van der Waals surface area contributed by atoms with E-state index < -0.39 is 0 Å². The minimum absolute atomic E-state index is 0.145. The number of nitrogens with zero attached hydrogens (tertiary/aromatic N) is 2. The molecule has 0 aliphatic heterocycles. The zero-order valence-corrected chi connectivity index (χ0v) is 12.0. The van der Waals surface area contributed by atoms with Gasteiger partial charge in [0.25, 0.3) is 5.91 Å². The van der Waals surface area contributed by atoms with Gasteiger partial charge in [0.05, 0.1) is 19.9 Å². The number of amides is 1. The van der Waals surface area contributed by atoms with Crippen molar-refractivity contribution < 1.29 is 4.79 Å².